The summed E-state index contributed by atoms with van der Waals surface area (Å²) >= 11 is 0. The number of aromatic nitrogens is 1. The lowest BCUT2D eigenvalue weighted by molar-refractivity contribution is 0.00578. The van der Waals surface area contributed by atoms with Gasteiger partial charge >= 0.3 is 7.12 Å². The van der Waals surface area contributed by atoms with Crippen LogP contribution in [0.5, 0.6) is 0 Å². The molecular formula is C18H29BFN3O3. The minimum absolute atomic E-state index is 0.0282. The summed E-state index contributed by atoms with van der Waals surface area (Å²) in [4.78, 5) is 8.31. The van der Waals surface area contributed by atoms with E-state index in [4.69, 9.17) is 14.0 Å². The Balaban J connectivity index is 1.82. The number of likely N-dealkylation sites (N-methyl/N-ethyl adjacent to an activating group) is 1. The lowest BCUT2D eigenvalue weighted by Gasteiger charge is -2.35. The molecule has 144 valence electrons. The lowest BCUT2D eigenvalue weighted by atomic mass is 9.79. The van der Waals surface area contributed by atoms with Crippen molar-refractivity contribution in [3.05, 3.63) is 18.1 Å². The van der Waals surface area contributed by atoms with Gasteiger partial charge < -0.3 is 23.8 Å². The molecule has 0 amide bonds. The predicted octanol–water partition coefficient (Wildman–Crippen LogP) is 1.29. The van der Waals surface area contributed by atoms with Gasteiger partial charge in [0.15, 0.2) is 11.6 Å². The topological polar surface area (TPSA) is 47.1 Å². The number of anilines is 1. The van der Waals surface area contributed by atoms with E-state index in [1.165, 1.54) is 0 Å². The first-order chi connectivity index (χ1) is 12.1. The number of nitrogens with zero attached hydrogens (tertiary/aromatic N) is 3. The van der Waals surface area contributed by atoms with Gasteiger partial charge in [0.2, 0.25) is 0 Å². The summed E-state index contributed by atoms with van der Waals surface area (Å²) in [7, 11) is 3.26. The summed E-state index contributed by atoms with van der Waals surface area (Å²) in [5, 5.41) is 0. The van der Waals surface area contributed by atoms with Crippen molar-refractivity contribution in [2.45, 2.75) is 45.0 Å². The van der Waals surface area contributed by atoms with Gasteiger partial charge in [0.1, 0.15) is 0 Å². The molecule has 6 nitrogen and oxygen atoms in total. The van der Waals surface area contributed by atoms with Crippen molar-refractivity contribution < 1.29 is 18.4 Å². The molecule has 0 N–H and O–H groups in total. The lowest BCUT2D eigenvalue weighted by Crippen LogP contribution is -2.48. The molecule has 0 unspecified atom stereocenters. The van der Waals surface area contributed by atoms with Crippen LogP contribution < -0.4 is 10.4 Å². The highest BCUT2D eigenvalue weighted by Crippen LogP contribution is 2.37. The molecule has 0 aromatic carbocycles. The molecule has 0 spiro atoms. The highest BCUT2D eigenvalue weighted by Gasteiger charge is 2.52. The summed E-state index contributed by atoms with van der Waals surface area (Å²) in [5.74, 6) is -0.0410. The number of rotatable bonds is 4. The Hall–Kier alpha value is -1.22. The maximum Gasteiger partial charge on any atom is 0.498 e. The Kier molecular flexibility index (Phi) is 5.32. The van der Waals surface area contributed by atoms with E-state index in [1.54, 1.807) is 12.3 Å². The van der Waals surface area contributed by atoms with Gasteiger partial charge in [0, 0.05) is 31.3 Å². The smallest absolute Gasteiger partial charge is 0.399 e. The zero-order chi connectivity index (χ0) is 19.1. The molecular weight excluding hydrogens is 336 g/mol. The number of halogens is 1. The van der Waals surface area contributed by atoms with Crippen LogP contribution in [-0.2, 0) is 14.0 Å². The van der Waals surface area contributed by atoms with Gasteiger partial charge in [-0.2, -0.15) is 0 Å². The molecule has 0 aliphatic carbocycles. The van der Waals surface area contributed by atoms with E-state index >= 15 is 4.39 Å². The largest absolute Gasteiger partial charge is 0.498 e. The Morgan fingerprint density at radius 3 is 2.54 bits per heavy atom. The Labute approximate surface area is 155 Å². The van der Waals surface area contributed by atoms with E-state index < -0.39 is 18.3 Å². The number of hydrogen-bond donors (Lipinski definition) is 0. The molecule has 2 aliphatic rings. The number of pyridine rings is 1. The first kappa shape index (κ1) is 19.5. The van der Waals surface area contributed by atoms with Crippen LogP contribution in [0.4, 0.5) is 10.2 Å². The first-order valence-electron chi connectivity index (χ1n) is 9.12. The molecule has 1 atom stereocenters. The van der Waals surface area contributed by atoms with E-state index in [9.17, 15) is 0 Å². The summed E-state index contributed by atoms with van der Waals surface area (Å²) in [6.45, 7) is 10.4. The zero-order valence-electron chi connectivity index (χ0n) is 16.6. The molecule has 1 aromatic heterocycles. The van der Waals surface area contributed by atoms with Gasteiger partial charge in [-0.05, 0) is 47.9 Å². The SMILES string of the molecule is CN(C)C[C@H]1CN(c2nccc(B3OC(C)(C)C(C)(C)O3)c2F)CCO1. The summed E-state index contributed by atoms with van der Waals surface area (Å²) < 4.78 is 33.1. The fourth-order valence-corrected chi connectivity index (χ4v) is 3.25. The zero-order valence-corrected chi connectivity index (χ0v) is 16.6. The van der Waals surface area contributed by atoms with Crippen LogP contribution >= 0.6 is 0 Å². The molecule has 3 rings (SSSR count). The molecule has 0 radical (unpaired) electrons. The molecule has 2 fully saturated rings. The summed E-state index contributed by atoms with van der Waals surface area (Å²) in [6.07, 6.45) is 1.65. The number of hydrogen-bond acceptors (Lipinski definition) is 6. The van der Waals surface area contributed by atoms with Gasteiger partial charge in [0.25, 0.3) is 0 Å². The van der Waals surface area contributed by atoms with Crippen LogP contribution in [0.15, 0.2) is 12.3 Å². The second-order valence-corrected chi connectivity index (χ2v) is 8.33. The van der Waals surface area contributed by atoms with E-state index in [0.29, 0.717) is 31.0 Å². The monoisotopic (exact) mass is 365 g/mol. The van der Waals surface area contributed by atoms with Crippen LogP contribution in [0.2, 0.25) is 0 Å². The van der Waals surface area contributed by atoms with Crippen LogP contribution in [0.1, 0.15) is 27.7 Å². The van der Waals surface area contributed by atoms with Gasteiger partial charge in [-0.1, -0.05) is 0 Å². The average molecular weight is 365 g/mol. The van der Waals surface area contributed by atoms with Crippen molar-refractivity contribution in [2.75, 3.05) is 45.2 Å². The fourth-order valence-electron chi connectivity index (χ4n) is 3.25. The van der Waals surface area contributed by atoms with Gasteiger partial charge in [-0.15, -0.1) is 0 Å². The van der Waals surface area contributed by atoms with Crippen LogP contribution in [0.25, 0.3) is 0 Å². The minimum atomic E-state index is -0.736. The minimum Gasteiger partial charge on any atom is -0.399 e. The van der Waals surface area contributed by atoms with Crippen molar-refractivity contribution in [3.8, 4) is 0 Å². The highest BCUT2D eigenvalue weighted by molar-refractivity contribution is 6.62. The van der Waals surface area contributed by atoms with Crippen molar-refractivity contribution >= 4 is 18.4 Å². The third-order valence-electron chi connectivity index (χ3n) is 5.41. The van der Waals surface area contributed by atoms with Gasteiger partial charge in [-0.25, -0.2) is 9.37 Å². The number of morpholine rings is 1. The standard InChI is InChI=1S/C18H29BFN3O3/c1-17(2)18(3,4)26-19(25-17)14-7-8-21-16(15(14)20)23-9-10-24-13(12-23)11-22(5)6/h7-8,13H,9-12H2,1-6H3/t13-/m0/s1. The maximum atomic E-state index is 15.3. The molecule has 2 aliphatic heterocycles. The second kappa shape index (κ2) is 7.07. The fraction of sp³-hybridized carbons (Fsp3) is 0.722. The molecule has 2 saturated heterocycles. The van der Waals surface area contributed by atoms with E-state index in [2.05, 4.69) is 9.88 Å². The molecule has 1 aromatic rings. The predicted molar refractivity (Wildman–Crippen MR) is 100 cm³/mol. The maximum absolute atomic E-state index is 15.3. The van der Waals surface area contributed by atoms with Gasteiger partial charge in [0.05, 0.1) is 23.9 Å². The van der Waals surface area contributed by atoms with Crippen molar-refractivity contribution in [2.24, 2.45) is 0 Å². The van der Waals surface area contributed by atoms with Crippen LogP contribution in [-0.4, -0.2) is 74.6 Å². The van der Waals surface area contributed by atoms with E-state index in [0.717, 1.165) is 6.54 Å². The van der Waals surface area contributed by atoms with Crippen molar-refractivity contribution in [1.82, 2.24) is 9.88 Å². The third-order valence-corrected chi connectivity index (χ3v) is 5.41. The highest BCUT2D eigenvalue weighted by atomic mass is 19.1. The molecule has 3 heterocycles. The van der Waals surface area contributed by atoms with Crippen LogP contribution in [0, 0.1) is 5.82 Å². The summed E-state index contributed by atoms with van der Waals surface area (Å²) in [5.41, 5.74) is -0.628. The van der Waals surface area contributed by atoms with E-state index in [-0.39, 0.29) is 11.9 Å². The molecule has 8 heteroatoms. The van der Waals surface area contributed by atoms with Crippen molar-refractivity contribution in [3.63, 3.8) is 0 Å². The summed E-state index contributed by atoms with van der Waals surface area (Å²) in [6, 6.07) is 1.64. The van der Waals surface area contributed by atoms with Crippen LogP contribution in [0.3, 0.4) is 0 Å². The first-order valence-corrected chi connectivity index (χ1v) is 9.12. The molecule has 0 saturated carbocycles. The van der Waals surface area contributed by atoms with Crippen molar-refractivity contribution in [1.29, 1.82) is 0 Å². The third kappa shape index (κ3) is 3.74. The van der Waals surface area contributed by atoms with Gasteiger partial charge in [-0.3, -0.25) is 0 Å². The molecule has 26 heavy (non-hydrogen) atoms. The second-order valence-electron chi connectivity index (χ2n) is 8.33. The normalized spacial score (nSPS) is 25.2. The Morgan fingerprint density at radius 2 is 1.92 bits per heavy atom. The Morgan fingerprint density at radius 1 is 1.27 bits per heavy atom. The number of ether oxygens (including phenoxy) is 1. The molecule has 0 bridgehead atoms. The quantitative estimate of drug-likeness (QED) is 0.750. The average Bonchev–Trinajstić information content (AvgIpc) is 2.75. The van der Waals surface area contributed by atoms with E-state index in [1.807, 2.05) is 46.7 Å². The Bertz CT molecular complexity index is 641.